The zero-order chi connectivity index (χ0) is 24.6. The van der Waals surface area contributed by atoms with Gasteiger partial charge in [0.1, 0.15) is 17.2 Å². The van der Waals surface area contributed by atoms with E-state index in [2.05, 4.69) is 49.2 Å². The molecular weight excluding hydrogens is 454 g/mol. The lowest BCUT2D eigenvalue weighted by Gasteiger charge is -2.32. The Morgan fingerprint density at radius 1 is 1.08 bits per heavy atom. The van der Waals surface area contributed by atoms with Gasteiger partial charge in [-0.25, -0.2) is 15.0 Å². The van der Waals surface area contributed by atoms with E-state index >= 15 is 0 Å². The Morgan fingerprint density at radius 2 is 1.92 bits per heavy atom. The van der Waals surface area contributed by atoms with Crippen molar-refractivity contribution in [3.8, 4) is 11.4 Å². The van der Waals surface area contributed by atoms with Gasteiger partial charge in [0.25, 0.3) is 5.56 Å². The van der Waals surface area contributed by atoms with Gasteiger partial charge in [-0.1, -0.05) is 18.2 Å². The van der Waals surface area contributed by atoms with Crippen LogP contribution in [0.4, 0.5) is 11.4 Å². The number of morpholine rings is 1. The Labute approximate surface area is 207 Å². The minimum atomic E-state index is -0.227. The van der Waals surface area contributed by atoms with Crippen LogP contribution in [0.25, 0.3) is 33.3 Å². The molecule has 0 saturated carbocycles. The highest BCUT2D eigenvalue weighted by Gasteiger charge is 2.22. The van der Waals surface area contributed by atoms with Gasteiger partial charge in [0.05, 0.1) is 41.0 Å². The van der Waals surface area contributed by atoms with Crippen LogP contribution in [0, 0.1) is 0 Å². The summed E-state index contributed by atoms with van der Waals surface area (Å²) < 4.78 is 5.69. The number of nitrogens with zero attached hydrogens (tertiary/aromatic N) is 4. The molecule has 1 aliphatic heterocycles. The van der Waals surface area contributed by atoms with Gasteiger partial charge in [-0.3, -0.25) is 4.79 Å². The van der Waals surface area contributed by atoms with E-state index in [4.69, 9.17) is 9.72 Å². The maximum atomic E-state index is 13.4. The molecule has 6 rings (SSSR count). The monoisotopic (exact) mass is 481 g/mol. The van der Waals surface area contributed by atoms with Crippen molar-refractivity contribution < 1.29 is 4.74 Å². The number of pyridine rings is 1. The van der Waals surface area contributed by atoms with Crippen molar-refractivity contribution in [3.05, 3.63) is 77.1 Å². The SMILES string of the molecule is CC1CN(c2ccc3nc(-c4c(N[C@@H](C)c5ncccn5)c5ccccc5[nH]c4=O)[nH]c3c2)CCO1. The largest absolute Gasteiger partial charge is 0.375 e. The average Bonchev–Trinajstić information content (AvgIpc) is 3.32. The lowest BCUT2D eigenvalue weighted by atomic mass is 10.1. The molecule has 182 valence electrons. The highest BCUT2D eigenvalue weighted by Crippen LogP contribution is 2.33. The minimum Gasteiger partial charge on any atom is -0.375 e. The summed E-state index contributed by atoms with van der Waals surface area (Å²) in [6, 6.07) is 15.4. The number of imidazole rings is 1. The van der Waals surface area contributed by atoms with Gasteiger partial charge in [0.15, 0.2) is 0 Å². The maximum Gasteiger partial charge on any atom is 0.261 e. The molecule has 4 heterocycles. The van der Waals surface area contributed by atoms with E-state index in [1.165, 1.54) is 0 Å². The second-order valence-electron chi connectivity index (χ2n) is 9.14. The summed E-state index contributed by atoms with van der Waals surface area (Å²) in [6.45, 7) is 6.45. The Morgan fingerprint density at radius 3 is 2.75 bits per heavy atom. The van der Waals surface area contributed by atoms with Crippen LogP contribution >= 0.6 is 0 Å². The van der Waals surface area contributed by atoms with E-state index in [9.17, 15) is 4.79 Å². The first-order valence-corrected chi connectivity index (χ1v) is 12.1. The summed E-state index contributed by atoms with van der Waals surface area (Å²) in [5.41, 5.74) is 4.44. The van der Waals surface area contributed by atoms with Crippen molar-refractivity contribution >= 4 is 33.3 Å². The van der Waals surface area contributed by atoms with Gasteiger partial charge >= 0.3 is 0 Å². The molecule has 2 aromatic carbocycles. The van der Waals surface area contributed by atoms with Crippen LogP contribution in [0.15, 0.2) is 65.7 Å². The summed E-state index contributed by atoms with van der Waals surface area (Å²) in [4.78, 5) is 35.7. The topological polar surface area (TPSA) is 112 Å². The number of hydrogen-bond donors (Lipinski definition) is 3. The second-order valence-corrected chi connectivity index (χ2v) is 9.14. The van der Waals surface area contributed by atoms with Crippen molar-refractivity contribution in [3.63, 3.8) is 0 Å². The lowest BCUT2D eigenvalue weighted by molar-refractivity contribution is 0.0532. The standard InChI is InChI=1S/C27H27N7O2/c1-16-15-34(12-13-36-16)18-8-9-21-22(14-18)32-26(31-21)23-24(30-17(2)25-28-10-5-11-29-25)19-6-3-4-7-20(19)33-27(23)35/h3-11,14,16-17H,12-13,15H2,1-2H3,(H,31,32)(H2,30,33,35)/t16?,17-/m0/s1. The highest BCUT2D eigenvalue weighted by molar-refractivity contribution is 5.99. The average molecular weight is 482 g/mol. The number of para-hydroxylation sites is 1. The fourth-order valence-electron chi connectivity index (χ4n) is 4.80. The molecule has 1 saturated heterocycles. The number of nitrogens with one attached hydrogen (secondary N) is 3. The molecule has 0 aliphatic carbocycles. The van der Waals surface area contributed by atoms with E-state index in [0.717, 1.165) is 40.7 Å². The number of anilines is 2. The van der Waals surface area contributed by atoms with Crippen molar-refractivity contribution in [1.82, 2.24) is 24.9 Å². The van der Waals surface area contributed by atoms with Crippen LogP contribution in [-0.2, 0) is 4.74 Å². The molecule has 0 spiro atoms. The molecule has 1 unspecified atom stereocenters. The molecule has 36 heavy (non-hydrogen) atoms. The molecule has 0 radical (unpaired) electrons. The van der Waals surface area contributed by atoms with E-state index in [0.29, 0.717) is 29.5 Å². The van der Waals surface area contributed by atoms with Gasteiger partial charge in [0, 0.05) is 36.6 Å². The van der Waals surface area contributed by atoms with Crippen LogP contribution in [-0.4, -0.2) is 50.7 Å². The molecule has 0 bridgehead atoms. The molecule has 3 aromatic heterocycles. The van der Waals surface area contributed by atoms with Crippen molar-refractivity contribution in [2.24, 2.45) is 0 Å². The van der Waals surface area contributed by atoms with E-state index < -0.39 is 0 Å². The predicted octanol–water partition coefficient (Wildman–Crippen LogP) is 4.26. The van der Waals surface area contributed by atoms with Crippen LogP contribution in [0.1, 0.15) is 25.7 Å². The predicted molar refractivity (Wildman–Crippen MR) is 141 cm³/mol. The number of ether oxygens (including phenoxy) is 1. The van der Waals surface area contributed by atoms with E-state index in [-0.39, 0.29) is 17.7 Å². The summed E-state index contributed by atoms with van der Waals surface area (Å²) in [5, 5.41) is 4.38. The van der Waals surface area contributed by atoms with Crippen molar-refractivity contribution in [2.75, 3.05) is 29.9 Å². The molecule has 2 atom stereocenters. The fourth-order valence-corrected chi connectivity index (χ4v) is 4.80. The third-order valence-electron chi connectivity index (χ3n) is 6.56. The Balaban J connectivity index is 1.46. The summed E-state index contributed by atoms with van der Waals surface area (Å²) >= 11 is 0. The smallest absolute Gasteiger partial charge is 0.261 e. The van der Waals surface area contributed by atoms with Crippen LogP contribution < -0.4 is 15.8 Å². The van der Waals surface area contributed by atoms with Gasteiger partial charge in [0.2, 0.25) is 0 Å². The molecule has 3 N–H and O–H groups in total. The maximum absolute atomic E-state index is 13.4. The van der Waals surface area contributed by atoms with Crippen molar-refractivity contribution in [1.29, 1.82) is 0 Å². The summed E-state index contributed by atoms with van der Waals surface area (Å²) in [7, 11) is 0. The Kier molecular flexibility index (Phi) is 5.61. The number of hydrogen-bond acceptors (Lipinski definition) is 7. The van der Waals surface area contributed by atoms with Crippen LogP contribution in [0.3, 0.4) is 0 Å². The first kappa shape index (κ1) is 22.2. The Hall–Kier alpha value is -4.24. The summed E-state index contributed by atoms with van der Waals surface area (Å²) in [6.07, 6.45) is 3.61. The molecule has 9 nitrogen and oxygen atoms in total. The molecule has 5 aromatic rings. The quantitative estimate of drug-likeness (QED) is 0.344. The Bertz CT molecular complexity index is 1590. The number of fused-ring (bicyclic) bond motifs is 2. The number of aromatic nitrogens is 5. The minimum absolute atomic E-state index is 0.187. The first-order chi connectivity index (χ1) is 17.6. The van der Waals surface area contributed by atoms with E-state index in [1.807, 2.05) is 37.3 Å². The number of benzene rings is 2. The zero-order valence-corrected chi connectivity index (χ0v) is 20.2. The van der Waals surface area contributed by atoms with Crippen molar-refractivity contribution in [2.45, 2.75) is 26.0 Å². The molecule has 1 aliphatic rings. The third-order valence-corrected chi connectivity index (χ3v) is 6.56. The molecule has 0 amide bonds. The zero-order valence-electron chi connectivity index (χ0n) is 20.2. The van der Waals surface area contributed by atoms with Gasteiger partial charge < -0.3 is 24.9 Å². The lowest BCUT2D eigenvalue weighted by Crippen LogP contribution is -2.41. The number of aromatic amines is 2. The molecular formula is C27H27N7O2. The van der Waals surface area contributed by atoms with Gasteiger partial charge in [-0.05, 0) is 44.2 Å². The fraction of sp³-hybridized carbons (Fsp3) is 0.259. The highest BCUT2D eigenvalue weighted by atomic mass is 16.5. The number of H-pyrrole nitrogens is 2. The second kappa shape index (κ2) is 9.09. The molecule has 1 fully saturated rings. The molecule has 9 heteroatoms. The van der Waals surface area contributed by atoms with Gasteiger partial charge in [-0.15, -0.1) is 0 Å². The normalized spacial score (nSPS) is 16.9. The first-order valence-electron chi connectivity index (χ1n) is 12.1. The van der Waals surface area contributed by atoms with E-state index in [1.54, 1.807) is 18.5 Å². The summed E-state index contributed by atoms with van der Waals surface area (Å²) in [5.74, 6) is 1.15. The third kappa shape index (κ3) is 4.07. The van der Waals surface area contributed by atoms with Gasteiger partial charge in [-0.2, -0.15) is 0 Å². The van der Waals surface area contributed by atoms with Crippen LogP contribution in [0.5, 0.6) is 0 Å². The van der Waals surface area contributed by atoms with Crippen LogP contribution in [0.2, 0.25) is 0 Å². The number of rotatable bonds is 5.